The third-order valence-corrected chi connectivity index (χ3v) is 5.12. The Morgan fingerprint density at radius 1 is 1.17 bits per heavy atom. The number of fused-ring (bicyclic) bond motifs is 2. The summed E-state index contributed by atoms with van der Waals surface area (Å²) in [6, 6.07) is 11.9. The first-order valence-corrected chi connectivity index (χ1v) is 9.30. The van der Waals surface area contributed by atoms with Gasteiger partial charge in [0.15, 0.2) is 0 Å². The van der Waals surface area contributed by atoms with Gasteiger partial charge in [0.2, 0.25) is 0 Å². The molecular formula is C21H18N6O2. The second kappa shape index (κ2) is 6.90. The zero-order valence-corrected chi connectivity index (χ0v) is 15.5. The van der Waals surface area contributed by atoms with E-state index in [1.54, 1.807) is 6.20 Å². The van der Waals surface area contributed by atoms with Gasteiger partial charge in [0.25, 0.3) is 0 Å². The molecule has 1 amide bonds. The van der Waals surface area contributed by atoms with Crippen LogP contribution in [-0.4, -0.2) is 49.1 Å². The van der Waals surface area contributed by atoms with Crippen molar-refractivity contribution >= 4 is 45.1 Å². The average molecular weight is 386 g/mol. The minimum absolute atomic E-state index is 0.391. The van der Waals surface area contributed by atoms with Crippen molar-refractivity contribution < 1.29 is 9.90 Å². The van der Waals surface area contributed by atoms with Crippen LogP contribution < -0.4 is 5.32 Å². The monoisotopic (exact) mass is 386 g/mol. The van der Waals surface area contributed by atoms with Crippen LogP contribution in [0.25, 0.3) is 27.5 Å². The van der Waals surface area contributed by atoms with Crippen molar-refractivity contribution in [2.45, 2.75) is 6.42 Å². The first-order chi connectivity index (χ1) is 14.2. The molecule has 0 saturated heterocycles. The number of amides is 1. The van der Waals surface area contributed by atoms with Gasteiger partial charge >= 0.3 is 6.09 Å². The Kier molecular flexibility index (Phi) is 4.09. The maximum atomic E-state index is 11.1. The van der Waals surface area contributed by atoms with Gasteiger partial charge in [-0.2, -0.15) is 0 Å². The molecule has 0 unspecified atom stereocenters. The van der Waals surface area contributed by atoms with E-state index in [4.69, 9.17) is 5.11 Å². The molecule has 3 aromatic heterocycles. The molecule has 4 aromatic rings. The largest absolute Gasteiger partial charge is 0.465 e. The first kappa shape index (κ1) is 17.2. The predicted molar refractivity (Wildman–Crippen MR) is 111 cm³/mol. The summed E-state index contributed by atoms with van der Waals surface area (Å²) in [5.74, 6) is 0.712. The second-order valence-electron chi connectivity index (χ2n) is 6.91. The molecule has 8 heteroatoms. The summed E-state index contributed by atoms with van der Waals surface area (Å²) in [7, 11) is 0. The van der Waals surface area contributed by atoms with Gasteiger partial charge in [0.05, 0.1) is 10.9 Å². The highest BCUT2D eigenvalue weighted by Gasteiger charge is 2.18. The summed E-state index contributed by atoms with van der Waals surface area (Å²) in [5, 5.41) is 14.4. The van der Waals surface area contributed by atoms with E-state index >= 15 is 0 Å². The molecule has 4 heterocycles. The third kappa shape index (κ3) is 3.25. The molecule has 0 radical (unpaired) electrons. The summed E-state index contributed by atoms with van der Waals surface area (Å²) in [6.07, 6.45) is 5.02. The van der Waals surface area contributed by atoms with Crippen LogP contribution >= 0.6 is 0 Å². The van der Waals surface area contributed by atoms with Crippen molar-refractivity contribution in [2.24, 2.45) is 0 Å². The molecule has 8 nitrogen and oxygen atoms in total. The fraction of sp³-hybridized carbons (Fsp3) is 0.143. The number of benzene rings is 1. The average Bonchev–Trinajstić information content (AvgIpc) is 3.19. The number of pyridine rings is 1. The van der Waals surface area contributed by atoms with E-state index in [1.807, 2.05) is 42.5 Å². The van der Waals surface area contributed by atoms with Crippen molar-refractivity contribution in [3.8, 4) is 0 Å². The van der Waals surface area contributed by atoms with Gasteiger partial charge in [0.1, 0.15) is 17.8 Å². The van der Waals surface area contributed by atoms with Crippen LogP contribution in [-0.2, 0) is 0 Å². The number of anilines is 2. The third-order valence-electron chi connectivity index (χ3n) is 5.12. The van der Waals surface area contributed by atoms with Gasteiger partial charge in [-0.15, -0.1) is 0 Å². The highest BCUT2D eigenvalue weighted by Crippen LogP contribution is 2.29. The van der Waals surface area contributed by atoms with Crippen LogP contribution in [0.15, 0.2) is 55.0 Å². The van der Waals surface area contributed by atoms with Gasteiger partial charge in [-0.05, 0) is 42.3 Å². The zero-order chi connectivity index (χ0) is 19.8. The molecule has 1 aliphatic rings. The van der Waals surface area contributed by atoms with Crippen LogP contribution in [0.2, 0.25) is 0 Å². The summed E-state index contributed by atoms with van der Waals surface area (Å²) in [6.45, 7) is 0.875. The first-order valence-electron chi connectivity index (χ1n) is 9.30. The summed E-state index contributed by atoms with van der Waals surface area (Å²) < 4.78 is 0. The molecule has 29 heavy (non-hydrogen) atoms. The normalized spacial score (nSPS) is 14.2. The minimum Gasteiger partial charge on any atom is -0.465 e. The van der Waals surface area contributed by atoms with E-state index in [1.165, 1.54) is 11.2 Å². The number of H-pyrrole nitrogens is 1. The van der Waals surface area contributed by atoms with Crippen molar-refractivity contribution in [1.82, 2.24) is 24.8 Å². The lowest BCUT2D eigenvalue weighted by Crippen LogP contribution is -2.33. The van der Waals surface area contributed by atoms with Crippen LogP contribution in [0.4, 0.5) is 16.3 Å². The molecule has 3 N–H and O–H groups in total. The quantitative estimate of drug-likeness (QED) is 0.491. The van der Waals surface area contributed by atoms with E-state index in [0.29, 0.717) is 25.3 Å². The molecule has 144 valence electrons. The van der Waals surface area contributed by atoms with Gasteiger partial charge in [-0.3, -0.25) is 4.98 Å². The van der Waals surface area contributed by atoms with E-state index < -0.39 is 6.09 Å². The molecule has 1 aromatic carbocycles. The van der Waals surface area contributed by atoms with Crippen molar-refractivity contribution in [2.75, 3.05) is 18.4 Å². The molecule has 0 spiro atoms. The Labute approximate surface area is 165 Å². The molecule has 0 atom stereocenters. The smallest absolute Gasteiger partial charge is 0.407 e. The fourth-order valence-electron chi connectivity index (χ4n) is 3.59. The number of nitrogens with zero attached hydrogens (tertiary/aromatic N) is 4. The lowest BCUT2D eigenvalue weighted by Gasteiger charge is -2.23. The Balaban J connectivity index is 1.46. The number of carboxylic acid groups (broad SMARTS) is 1. The lowest BCUT2D eigenvalue weighted by molar-refractivity contribution is 0.150. The number of aromatic amines is 1. The van der Waals surface area contributed by atoms with Gasteiger partial charge in [-0.25, -0.2) is 14.8 Å². The van der Waals surface area contributed by atoms with Gasteiger partial charge in [0, 0.05) is 36.1 Å². The standard InChI is InChI=1S/C21H18N6O2/c28-21(29)27-8-5-13(6-9-27)18-11-16-19(23-12-24-20(16)26-18)25-15-3-4-17-14(10-15)2-1-7-22-17/h1-5,7,10-12H,6,8-9H2,(H,28,29)(H2,23,24,25,26). The highest BCUT2D eigenvalue weighted by atomic mass is 16.4. The number of aromatic nitrogens is 4. The molecule has 1 aliphatic heterocycles. The Bertz CT molecular complexity index is 1260. The number of rotatable bonds is 3. The summed E-state index contributed by atoms with van der Waals surface area (Å²) in [5.41, 5.74) is 4.62. The maximum absolute atomic E-state index is 11.1. The topological polar surface area (TPSA) is 107 Å². The van der Waals surface area contributed by atoms with Gasteiger partial charge < -0.3 is 20.3 Å². The van der Waals surface area contributed by atoms with Crippen LogP contribution in [0.3, 0.4) is 0 Å². The molecule has 5 rings (SSSR count). The van der Waals surface area contributed by atoms with Crippen molar-refractivity contribution in [3.05, 3.63) is 60.7 Å². The van der Waals surface area contributed by atoms with Crippen LogP contribution in [0, 0.1) is 0 Å². The predicted octanol–water partition coefficient (Wildman–Crippen LogP) is 4.02. The molecule has 0 fully saturated rings. The number of nitrogens with one attached hydrogen (secondary N) is 2. The number of hydrogen-bond donors (Lipinski definition) is 3. The number of hydrogen-bond acceptors (Lipinski definition) is 5. The van der Waals surface area contributed by atoms with Gasteiger partial charge in [-0.1, -0.05) is 12.1 Å². The van der Waals surface area contributed by atoms with Crippen LogP contribution in [0.1, 0.15) is 12.1 Å². The molecule has 0 bridgehead atoms. The van der Waals surface area contributed by atoms with E-state index in [-0.39, 0.29) is 0 Å². The van der Waals surface area contributed by atoms with Crippen molar-refractivity contribution in [1.29, 1.82) is 0 Å². The van der Waals surface area contributed by atoms with E-state index in [9.17, 15) is 4.79 Å². The zero-order valence-electron chi connectivity index (χ0n) is 15.5. The Hall–Kier alpha value is -3.94. The molecular weight excluding hydrogens is 368 g/mol. The Morgan fingerprint density at radius 3 is 2.93 bits per heavy atom. The van der Waals surface area contributed by atoms with E-state index in [0.717, 1.165) is 38.9 Å². The van der Waals surface area contributed by atoms with Crippen molar-refractivity contribution in [3.63, 3.8) is 0 Å². The lowest BCUT2D eigenvalue weighted by atomic mass is 10.1. The maximum Gasteiger partial charge on any atom is 0.407 e. The highest BCUT2D eigenvalue weighted by molar-refractivity contribution is 5.93. The molecule has 0 saturated carbocycles. The van der Waals surface area contributed by atoms with E-state index in [2.05, 4.69) is 25.3 Å². The fourth-order valence-corrected chi connectivity index (χ4v) is 3.59. The summed E-state index contributed by atoms with van der Waals surface area (Å²) >= 11 is 0. The van der Waals surface area contributed by atoms with Crippen LogP contribution in [0.5, 0.6) is 0 Å². The Morgan fingerprint density at radius 2 is 2.10 bits per heavy atom. The molecule has 0 aliphatic carbocycles. The minimum atomic E-state index is -0.889. The number of carbonyl (C=O) groups is 1. The summed E-state index contributed by atoms with van der Waals surface area (Å²) in [4.78, 5) is 28.9. The second-order valence-corrected chi connectivity index (χ2v) is 6.91. The SMILES string of the molecule is O=C(O)N1CC=C(c2cc3c(Nc4ccc5ncccc5c4)ncnc3[nH]2)CC1.